The van der Waals surface area contributed by atoms with E-state index >= 15 is 0 Å². The van der Waals surface area contributed by atoms with Crippen LogP contribution in [0.1, 0.15) is 37.5 Å². The molecule has 0 fully saturated rings. The molecule has 0 unspecified atom stereocenters. The van der Waals surface area contributed by atoms with Gasteiger partial charge in [0, 0.05) is 16.2 Å². The molecule has 6 aromatic carbocycles. The third kappa shape index (κ3) is 4.25. The molecule has 1 heteroatoms. The van der Waals surface area contributed by atoms with Gasteiger partial charge in [0.15, 0.2) is 0 Å². The number of aromatic amines is 1. The zero-order valence-electron chi connectivity index (χ0n) is 23.0. The van der Waals surface area contributed by atoms with Crippen LogP contribution < -0.4 is 0 Å². The maximum absolute atomic E-state index is 3.84. The van der Waals surface area contributed by atoms with E-state index in [1.54, 1.807) is 0 Å². The molecule has 7 rings (SSSR count). The number of nitrogens with one attached hydrogen (secondary N) is 1. The summed E-state index contributed by atoms with van der Waals surface area (Å²) >= 11 is 0. The minimum Gasteiger partial charge on any atom is -0.354 e. The van der Waals surface area contributed by atoms with E-state index in [9.17, 15) is 0 Å². The molecule has 0 aliphatic heterocycles. The van der Waals surface area contributed by atoms with Crippen molar-refractivity contribution >= 4 is 60.2 Å². The summed E-state index contributed by atoms with van der Waals surface area (Å²) < 4.78 is 0. The van der Waals surface area contributed by atoms with E-state index in [-0.39, 0.29) is 0 Å². The fraction of sp³-hybridized carbons (Fsp3) is 0.135. The van der Waals surface area contributed by atoms with Crippen LogP contribution in [0.2, 0.25) is 0 Å². The molecule has 0 spiro atoms. The van der Waals surface area contributed by atoms with Gasteiger partial charge >= 0.3 is 0 Å². The highest BCUT2D eigenvalue weighted by Crippen LogP contribution is 2.43. The first-order valence-corrected chi connectivity index (χ1v) is 13.6. The molecule has 0 amide bonds. The molecule has 0 bridgehead atoms. The van der Waals surface area contributed by atoms with E-state index in [1.165, 1.54) is 70.8 Å². The van der Waals surface area contributed by atoms with Crippen molar-refractivity contribution in [1.82, 2.24) is 4.98 Å². The predicted molar refractivity (Wildman–Crippen MR) is 170 cm³/mol. The predicted octanol–water partition coefficient (Wildman–Crippen LogP) is 11.1. The molecular weight excluding hydrogens is 458 g/mol. The highest BCUT2D eigenvalue weighted by atomic mass is 14.7. The molecule has 0 aliphatic rings. The Morgan fingerprint density at radius 3 is 1.50 bits per heavy atom. The highest BCUT2D eigenvalue weighted by molar-refractivity contribution is 6.35. The maximum atomic E-state index is 3.84. The molecule has 188 valence electrons. The van der Waals surface area contributed by atoms with Gasteiger partial charge in [0.1, 0.15) is 0 Å². The van der Waals surface area contributed by atoms with E-state index in [4.69, 9.17) is 0 Å². The first-order chi connectivity index (χ1) is 18.7. The highest BCUT2D eigenvalue weighted by Gasteiger charge is 2.18. The zero-order chi connectivity index (χ0) is 26.6. The van der Waals surface area contributed by atoms with Crippen molar-refractivity contribution in [2.75, 3.05) is 0 Å². The Bertz CT molecular complexity index is 1900. The zero-order valence-corrected chi connectivity index (χ0v) is 23.0. The molecule has 1 heterocycles. The Morgan fingerprint density at radius 1 is 0.500 bits per heavy atom. The van der Waals surface area contributed by atoms with Crippen molar-refractivity contribution < 1.29 is 0 Å². The van der Waals surface area contributed by atoms with Crippen molar-refractivity contribution in [2.24, 2.45) is 0 Å². The summed E-state index contributed by atoms with van der Waals surface area (Å²) in [6.45, 7) is 10.4. The number of rotatable bonds is 1. The summed E-state index contributed by atoms with van der Waals surface area (Å²) in [6.07, 6.45) is 4.37. The lowest BCUT2D eigenvalue weighted by atomic mass is 9.92. The van der Waals surface area contributed by atoms with Crippen LogP contribution in [0.25, 0.3) is 60.2 Å². The number of hydrogen-bond donors (Lipinski definition) is 1. The third-order valence-corrected chi connectivity index (χ3v) is 7.22. The second-order valence-corrected chi connectivity index (χ2v) is 9.46. The van der Waals surface area contributed by atoms with Gasteiger partial charge in [-0.15, -0.1) is 0 Å². The van der Waals surface area contributed by atoms with Gasteiger partial charge < -0.3 is 4.98 Å². The largest absolute Gasteiger partial charge is 0.354 e. The molecule has 7 aromatic rings. The quantitative estimate of drug-likeness (QED) is 0.219. The first kappa shape index (κ1) is 25.3. The molecule has 0 saturated carbocycles. The van der Waals surface area contributed by atoms with Crippen LogP contribution in [0.4, 0.5) is 0 Å². The van der Waals surface area contributed by atoms with Gasteiger partial charge in [-0.3, -0.25) is 0 Å². The summed E-state index contributed by atoms with van der Waals surface area (Å²) in [7, 11) is 0. The monoisotopic (exact) mass is 493 g/mol. The van der Waals surface area contributed by atoms with E-state index in [2.05, 4.69) is 123 Å². The van der Waals surface area contributed by atoms with Crippen LogP contribution in [-0.2, 0) is 0 Å². The Morgan fingerprint density at radius 2 is 0.947 bits per heavy atom. The molecule has 0 atom stereocenters. The third-order valence-electron chi connectivity index (χ3n) is 7.22. The second kappa shape index (κ2) is 10.9. The van der Waals surface area contributed by atoms with Gasteiger partial charge in [0.2, 0.25) is 0 Å². The van der Waals surface area contributed by atoms with Crippen LogP contribution in [0.3, 0.4) is 0 Å². The van der Waals surface area contributed by atoms with Crippen molar-refractivity contribution in [3.8, 4) is 0 Å². The van der Waals surface area contributed by atoms with Crippen molar-refractivity contribution in [1.29, 1.82) is 0 Å². The SMILES string of the molecule is C/C=C\c1c(C)c2[nH]c3c4ccccc4c4ccccc4c3c2c2ccccc12.CC.Cc1ccccc1. The molecule has 0 radical (unpaired) electrons. The van der Waals surface area contributed by atoms with E-state index in [0.29, 0.717) is 0 Å². The number of aryl methyl sites for hydroxylation is 2. The summed E-state index contributed by atoms with van der Waals surface area (Å²) in [5.41, 5.74) is 6.41. The van der Waals surface area contributed by atoms with Crippen molar-refractivity contribution in [2.45, 2.75) is 34.6 Å². The number of benzene rings is 6. The summed E-state index contributed by atoms with van der Waals surface area (Å²) in [5, 5.41) is 10.5. The van der Waals surface area contributed by atoms with Gasteiger partial charge in [-0.1, -0.05) is 135 Å². The van der Waals surface area contributed by atoms with Crippen LogP contribution in [-0.4, -0.2) is 4.98 Å². The van der Waals surface area contributed by atoms with Gasteiger partial charge in [-0.05, 0) is 58.8 Å². The van der Waals surface area contributed by atoms with Gasteiger partial charge in [0.05, 0.1) is 11.0 Å². The van der Waals surface area contributed by atoms with Crippen LogP contribution >= 0.6 is 0 Å². The molecule has 0 saturated heterocycles. The Hall–Kier alpha value is -4.36. The average Bonchev–Trinajstić information content (AvgIpc) is 3.39. The summed E-state index contributed by atoms with van der Waals surface area (Å²) in [5.74, 6) is 0. The van der Waals surface area contributed by atoms with Gasteiger partial charge in [-0.2, -0.15) is 0 Å². The molecule has 1 nitrogen and oxygen atoms in total. The van der Waals surface area contributed by atoms with E-state index in [1.807, 2.05) is 32.0 Å². The summed E-state index contributed by atoms with van der Waals surface area (Å²) in [6, 6.07) is 36.6. The van der Waals surface area contributed by atoms with Crippen LogP contribution in [0.5, 0.6) is 0 Å². The normalized spacial score (nSPS) is 11.2. The molecule has 1 aromatic heterocycles. The number of fused-ring (bicyclic) bond motifs is 10. The van der Waals surface area contributed by atoms with E-state index in [0.717, 1.165) is 0 Å². The summed E-state index contributed by atoms with van der Waals surface area (Å²) in [4.78, 5) is 3.84. The first-order valence-electron chi connectivity index (χ1n) is 13.6. The van der Waals surface area contributed by atoms with Crippen LogP contribution in [0.15, 0.2) is 109 Å². The minimum atomic E-state index is 1.24. The lowest BCUT2D eigenvalue weighted by Gasteiger charge is -2.11. The van der Waals surface area contributed by atoms with Gasteiger partial charge in [0.25, 0.3) is 0 Å². The van der Waals surface area contributed by atoms with Crippen molar-refractivity contribution in [3.05, 3.63) is 126 Å². The fourth-order valence-corrected chi connectivity index (χ4v) is 5.58. The smallest absolute Gasteiger partial charge is 0.0551 e. The number of allylic oxidation sites excluding steroid dienone is 1. The number of hydrogen-bond acceptors (Lipinski definition) is 0. The Kier molecular flexibility index (Phi) is 7.29. The maximum Gasteiger partial charge on any atom is 0.0551 e. The second-order valence-electron chi connectivity index (χ2n) is 9.46. The molecule has 38 heavy (non-hydrogen) atoms. The van der Waals surface area contributed by atoms with Gasteiger partial charge in [-0.25, -0.2) is 0 Å². The van der Waals surface area contributed by atoms with Crippen LogP contribution in [0, 0.1) is 13.8 Å². The molecule has 0 aliphatic carbocycles. The topological polar surface area (TPSA) is 15.8 Å². The standard InChI is InChI=1S/C28H21N.C7H8.C2H6/c1-3-10-18-17(2)27-25(22-14-7-4-11-19(18)22)26-23-15-8-5-12-20(23)21-13-6-9-16-24(21)28(26)29-27;1-7-5-3-2-4-6-7;1-2/h3-16,29H,1-2H3;2-6H,1H3;1-2H3/b10-3-;;. The lowest BCUT2D eigenvalue weighted by molar-refractivity contribution is 1.45. The molecule has 1 N–H and O–H groups in total. The van der Waals surface area contributed by atoms with E-state index < -0.39 is 0 Å². The lowest BCUT2D eigenvalue weighted by Crippen LogP contribution is -1.87. The number of H-pyrrole nitrogens is 1. The Balaban J connectivity index is 0.000000282. The minimum absolute atomic E-state index is 1.24. The Labute approximate surface area is 225 Å². The van der Waals surface area contributed by atoms with Crippen molar-refractivity contribution in [3.63, 3.8) is 0 Å². The molecular formula is C37H35N. The fourth-order valence-electron chi connectivity index (χ4n) is 5.58. The number of aromatic nitrogens is 1. The average molecular weight is 494 g/mol.